The topological polar surface area (TPSA) is 38.3 Å². The number of para-hydroxylation sites is 1. The fraction of sp³-hybridized carbons (Fsp3) is 0.571. The molecule has 0 saturated heterocycles. The van der Waals surface area contributed by atoms with Crippen LogP contribution in [0.5, 0.6) is 5.75 Å². The molecule has 1 aromatic rings. The predicted octanol–water partition coefficient (Wildman–Crippen LogP) is 2.11. The molecule has 0 radical (unpaired) electrons. The first-order chi connectivity index (χ1) is 8.59. The number of fused-ring (bicyclic) bond motifs is 1. The van der Waals surface area contributed by atoms with Crippen LogP contribution in [0.15, 0.2) is 24.3 Å². The summed E-state index contributed by atoms with van der Waals surface area (Å²) in [6, 6.07) is 8.44. The van der Waals surface area contributed by atoms with Crippen LogP contribution in [0.3, 0.4) is 0 Å². The maximum Gasteiger partial charge on any atom is 0.124 e. The fourth-order valence-electron chi connectivity index (χ4n) is 2.21. The highest BCUT2D eigenvalue weighted by molar-refractivity contribution is 7.84. The van der Waals surface area contributed by atoms with Gasteiger partial charge in [-0.25, -0.2) is 0 Å². The van der Waals surface area contributed by atoms with Crippen LogP contribution < -0.4 is 10.1 Å². The van der Waals surface area contributed by atoms with Gasteiger partial charge in [0, 0.05) is 46.4 Å². The Morgan fingerprint density at radius 1 is 1.50 bits per heavy atom. The van der Waals surface area contributed by atoms with Crippen molar-refractivity contribution in [3.63, 3.8) is 0 Å². The predicted molar refractivity (Wildman–Crippen MR) is 75.4 cm³/mol. The van der Waals surface area contributed by atoms with Crippen molar-refractivity contribution < 1.29 is 8.95 Å². The minimum Gasteiger partial charge on any atom is -0.493 e. The highest BCUT2D eigenvalue weighted by Gasteiger charge is 2.27. The Hall–Kier alpha value is -0.870. The summed E-state index contributed by atoms with van der Waals surface area (Å²) in [5.74, 6) is 1.40. The van der Waals surface area contributed by atoms with Crippen LogP contribution in [-0.4, -0.2) is 28.9 Å². The van der Waals surface area contributed by atoms with Crippen molar-refractivity contribution in [3.8, 4) is 5.75 Å². The van der Waals surface area contributed by atoms with Gasteiger partial charge in [0.1, 0.15) is 5.75 Å². The molecule has 0 amide bonds. The molecule has 1 heterocycles. The molecule has 1 aliphatic heterocycles. The molecule has 0 saturated carbocycles. The van der Waals surface area contributed by atoms with Crippen LogP contribution in [0.4, 0.5) is 0 Å². The van der Waals surface area contributed by atoms with E-state index in [1.807, 2.05) is 25.1 Å². The number of hydrogen-bond acceptors (Lipinski definition) is 3. The summed E-state index contributed by atoms with van der Waals surface area (Å²) in [4.78, 5) is 0. The molecule has 2 rings (SSSR count). The molecule has 0 fully saturated rings. The van der Waals surface area contributed by atoms with Gasteiger partial charge in [-0.1, -0.05) is 25.1 Å². The zero-order valence-corrected chi connectivity index (χ0v) is 12.0. The molecule has 0 bridgehead atoms. The second-order valence-corrected chi connectivity index (χ2v) is 6.82. The molecule has 100 valence electrons. The van der Waals surface area contributed by atoms with Gasteiger partial charge in [0.05, 0.1) is 6.61 Å². The van der Waals surface area contributed by atoms with Gasteiger partial charge >= 0.3 is 0 Å². The lowest BCUT2D eigenvalue weighted by atomic mass is 9.92. The summed E-state index contributed by atoms with van der Waals surface area (Å²) in [5.41, 5.74) is 1.21. The van der Waals surface area contributed by atoms with E-state index in [9.17, 15) is 4.21 Å². The molecule has 1 N–H and O–H groups in total. The Morgan fingerprint density at radius 2 is 2.22 bits per heavy atom. The van der Waals surface area contributed by atoms with E-state index in [2.05, 4.69) is 18.3 Å². The lowest BCUT2D eigenvalue weighted by molar-refractivity contribution is 0.189. The van der Waals surface area contributed by atoms with Crippen LogP contribution in [0.2, 0.25) is 0 Å². The van der Waals surface area contributed by atoms with E-state index >= 15 is 0 Å². The van der Waals surface area contributed by atoms with Crippen LogP contribution in [0, 0.1) is 5.92 Å². The van der Waals surface area contributed by atoms with Crippen molar-refractivity contribution in [2.45, 2.75) is 25.1 Å². The summed E-state index contributed by atoms with van der Waals surface area (Å²) in [7, 11) is -0.777. The maximum absolute atomic E-state index is 11.4. The van der Waals surface area contributed by atoms with Crippen molar-refractivity contribution in [1.82, 2.24) is 5.32 Å². The van der Waals surface area contributed by atoms with Gasteiger partial charge in [0.2, 0.25) is 0 Å². The van der Waals surface area contributed by atoms with Crippen LogP contribution >= 0.6 is 0 Å². The molecule has 1 aliphatic rings. The second-order valence-electron chi connectivity index (χ2n) is 5.02. The van der Waals surface area contributed by atoms with E-state index in [4.69, 9.17) is 4.74 Å². The summed E-state index contributed by atoms with van der Waals surface area (Å²) < 4.78 is 17.1. The van der Waals surface area contributed by atoms with E-state index in [0.29, 0.717) is 12.0 Å². The van der Waals surface area contributed by atoms with Gasteiger partial charge in [-0.2, -0.15) is 0 Å². The standard InChI is InChI=1S/C14H21NO2S/c1-10-9-17-13-7-5-4-6-12(13)14(10)15-8-11(2)18(3)16/h4-7,10-11,14-15H,8-9H2,1-3H3. The lowest BCUT2D eigenvalue weighted by Crippen LogP contribution is -2.38. The third-order valence-corrected chi connectivity index (χ3v) is 4.82. The van der Waals surface area contributed by atoms with Crippen molar-refractivity contribution in [1.29, 1.82) is 0 Å². The molecule has 1 aromatic carbocycles. The van der Waals surface area contributed by atoms with E-state index in [1.165, 1.54) is 5.56 Å². The molecule has 3 nitrogen and oxygen atoms in total. The maximum atomic E-state index is 11.4. The highest BCUT2D eigenvalue weighted by Crippen LogP contribution is 2.34. The molecule has 0 aromatic heterocycles. The first kappa shape index (κ1) is 13.6. The normalized spacial score (nSPS) is 25.9. The van der Waals surface area contributed by atoms with Gasteiger partial charge in [-0.3, -0.25) is 4.21 Å². The van der Waals surface area contributed by atoms with Crippen molar-refractivity contribution >= 4 is 10.8 Å². The van der Waals surface area contributed by atoms with Crippen LogP contribution in [-0.2, 0) is 10.8 Å². The van der Waals surface area contributed by atoms with E-state index in [0.717, 1.165) is 18.9 Å². The van der Waals surface area contributed by atoms with Gasteiger partial charge < -0.3 is 10.1 Å². The number of hydrogen-bond donors (Lipinski definition) is 1. The largest absolute Gasteiger partial charge is 0.493 e. The van der Waals surface area contributed by atoms with Gasteiger partial charge in [-0.15, -0.1) is 0 Å². The first-order valence-corrected chi connectivity index (χ1v) is 7.99. The summed E-state index contributed by atoms with van der Waals surface area (Å²) >= 11 is 0. The Labute approximate surface area is 111 Å². The number of rotatable bonds is 4. The monoisotopic (exact) mass is 267 g/mol. The molecule has 18 heavy (non-hydrogen) atoms. The molecule has 4 unspecified atom stereocenters. The first-order valence-electron chi connectivity index (χ1n) is 6.37. The smallest absolute Gasteiger partial charge is 0.124 e. The van der Waals surface area contributed by atoms with Gasteiger partial charge in [0.15, 0.2) is 0 Å². The molecular weight excluding hydrogens is 246 g/mol. The van der Waals surface area contributed by atoms with Gasteiger partial charge in [-0.05, 0) is 13.0 Å². The van der Waals surface area contributed by atoms with Crippen molar-refractivity contribution in [2.75, 3.05) is 19.4 Å². The summed E-state index contributed by atoms with van der Waals surface area (Å²) in [5, 5.41) is 3.71. The fourth-order valence-corrected chi connectivity index (χ4v) is 2.55. The second kappa shape index (κ2) is 5.85. The minimum absolute atomic E-state index is 0.173. The zero-order chi connectivity index (χ0) is 13.1. The van der Waals surface area contributed by atoms with Crippen LogP contribution in [0.25, 0.3) is 0 Å². The Kier molecular flexibility index (Phi) is 4.40. The molecule has 4 heteroatoms. The summed E-state index contributed by atoms with van der Waals surface area (Å²) in [6.07, 6.45) is 1.76. The van der Waals surface area contributed by atoms with Crippen molar-refractivity contribution in [3.05, 3.63) is 29.8 Å². The highest BCUT2D eigenvalue weighted by atomic mass is 32.2. The van der Waals surface area contributed by atoms with E-state index in [-0.39, 0.29) is 5.25 Å². The molecule has 0 aliphatic carbocycles. The van der Waals surface area contributed by atoms with E-state index < -0.39 is 10.8 Å². The number of benzene rings is 1. The Morgan fingerprint density at radius 3 is 2.94 bits per heavy atom. The quantitative estimate of drug-likeness (QED) is 0.908. The lowest BCUT2D eigenvalue weighted by Gasteiger charge is -2.32. The third kappa shape index (κ3) is 2.93. The van der Waals surface area contributed by atoms with Crippen LogP contribution in [0.1, 0.15) is 25.5 Å². The molecule has 0 spiro atoms. The van der Waals surface area contributed by atoms with Gasteiger partial charge in [0.25, 0.3) is 0 Å². The van der Waals surface area contributed by atoms with E-state index in [1.54, 1.807) is 6.26 Å². The Balaban J connectivity index is 2.09. The molecule has 4 atom stereocenters. The number of ether oxygens (including phenoxy) is 1. The number of nitrogens with one attached hydrogen (secondary N) is 1. The summed E-state index contributed by atoms with van der Waals surface area (Å²) in [6.45, 7) is 5.70. The average molecular weight is 267 g/mol. The Bertz CT molecular complexity index is 436. The zero-order valence-electron chi connectivity index (χ0n) is 11.2. The average Bonchev–Trinajstić information content (AvgIpc) is 2.37. The molecular formula is C14H21NO2S. The minimum atomic E-state index is -0.777. The van der Waals surface area contributed by atoms with Crippen molar-refractivity contribution in [2.24, 2.45) is 5.92 Å². The third-order valence-electron chi connectivity index (χ3n) is 3.52. The SMILES string of the molecule is CC1COc2ccccc2C1NCC(C)S(C)=O.